The third kappa shape index (κ3) is 7.08. The van der Waals surface area contributed by atoms with Crippen molar-refractivity contribution in [2.24, 2.45) is 5.92 Å². The van der Waals surface area contributed by atoms with E-state index in [-0.39, 0.29) is 18.4 Å². The molecule has 1 atom stereocenters. The van der Waals surface area contributed by atoms with Crippen molar-refractivity contribution >= 4 is 39.2 Å². The lowest BCUT2D eigenvalue weighted by Crippen LogP contribution is -2.53. The highest BCUT2D eigenvalue weighted by molar-refractivity contribution is 7.85. The number of benzene rings is 1. The molecule has 1 amide bonds. The van der Waals surface area contributed by atoms with Crippen LogP contribution in [0.4, 0.5) is 0 Å². The molecule has 0 radical (unpaired) electrons. The van der Waals surface area contributed by atoms with Crippen molar-refractivity contribution in [3.05, 3.63) is 33.8 Å². The Morgan fingerprint density at radius 1 is 1.28 bits per heavy atom. The molecule has 1 aliphatic heterocycles. The summed E-state index contributed by atoms with van der Waals surface area (Å²) in [6.45, 7) is 1.48. The van der Waals surface area contributed by atoms with Crippen molar-refractivity contribution in [3.63, 3.8) is 0 Å². The van der Waals surface area contributed by atoms with Crippen LogP contribution in [0.25, 0.3) is 0 Å². The predicted octanol–water partition coefficient (Wildman–Crippen LogP) is 3.12. The maximum Gasteiger partial charge on any atom is 0.261 e. The number of aliphatic hydroxyl groups is 1. The summed E-state index contributed by atoms with van der Waals surface area (Å²) in [7, 11) is -3.67. The van der Waals surface area contributed by atoms with Gasteiger partial charge in [0.05, 0.1) is 29.5 Å². The SMILES string of the molecule is CS(=O)(=O)O.O=C(C1CCCC1)N1CCO[C@](CCO)(c2ccc(Cl)c(Cl)c2)C1. The van der Waals surface area contributed by atoms with Crippen LogP contribution < -0.4 is 0 Å². The first kappa shape index (κ1) is 24.4. The maximum atomic E-state index is 12.8. The Morgan fingerprint density at radius 3 is 2.45 bits per heavy atom. The van der Waals surface area contributed by atoms with E-state index in [0.29, 0.717) is 42.4 Å². The van der Waals surface area contributed by atoms with Gasteiger partial charge in [-0.2, -0.15) is 8.42 Å². The van der Waals surface area contributed by atoms with Gasteiger partial charge in [0.2, 0.25) is 5.91 Å². The number of morpholine rings is 1. The molecule has 1 saturated heterocycles. The van der Waals surface area contributed by atoms with Crippen LogP contribution in [0.5, 0.6) is 0 Å². The van der Waals surface area contributed by atoms with E-state index in [1.807, 2.05) is 11.0 Å². The summed E-state index contributed by atoms with van der Waals surface area (Å²) in [5.74, 6) is 0.363. The number of halogens is 2. The van der Waals surface area contributed by atoms with E-state index in [1.165, 1.54) is 0 Å². The van der Waals surface area contributed by atoms with Crippen LogP contribution in [0.2, 0.25) is 10.0 Å². The fraction of sp³-hybridized carbons (Fsp3) is 0.632. The molecule has 29 heavy (non-hydrogen) atoms. The monoisotopic (exact) mass is 467 g/mol. The Morgan fingerprint density at radius 2 is 1.90 bits per heavy atom. The molecule has 2 fully saturated rings. The molecule has 1 saturated carbocycles. The first-order valence-electron chi connectivity index (χ1n) is 9.47. The normalized spacial score (nSPS) is 22.9. The second-order valence-corrected chi connectivity index (χ2v) is 9.70. The van der Waals surface area contributed by atoms with Gasteiger partial charge in [-0.05, 0) is 30.5 Å². The minimum Gasteiger partial charge on any atom is -0.396 e. The van der Waals surface area contributed by atoms with Crippen LogP contribution in [0, 0.1) is 5.92 Å². The van der Waals surface area contributed by atoms with Gasteiger partial charge in [0.25, 0.3) is 10.1 Å². The van der Waals surface area contributed by atoms with Gasteiger partial charge in [-0.1, -0.05) is 42.1 Å². The summed E-state index contributed by atoms with van der Waals surface area (Å²) in [6, 6.07) is 5.38. The lowest BCUT2D eigenvalue weighted by molar-refractivity contribution is -0.159. The fourth-order valence-electron chi connectivity index (χ4n) is 3.83. The number of nitrogens with zero attached hydrogens (tertiary/aromatic N) is 1. The predicted molar refractivity (Wildman–Crippen MR) is 112 cm³/mol. The van der Waals surface area contributed by atoms with Gasteiger partial charge in [-0.25, -0.2) is 0 Å². The maximum absolute atomic E-state index is 12.8. The first-order valence-corrected chi connectivity index (χ1v) is 12.1. The lowest BCUT2D eigenvalue weighted by atomic mass is 9.88. The number of rotatable bonds is 4. The van der Waals surface area contributed by atoms with Crippen molar-refractivity contribution in [3.8, 4) is 0 Å². The van der Waals surface area contributed by atoms with Gasteiger partial charge in [0.15, 0.2) is 0 Å². The summed E-state index contributed by atoms with van der Waals surface area (Å²) < 4.78 is 31.9. The molecule has 1 aromatic rings. The quantitative estimate of drug-likeness (QED) is 0.659. The van der Waals surface area contributed by atoms with Crippen LogP contribution in [0.3, 0.4) is 0 Å². The van der Waals surface area contributed by atoms with Crippen molar-refractivity contribution < 1.29 is 27.6 Å². The smallest absolute Gasteiger partial charge is 0.261 e. The molecule has 164 valence electrons. The highest BCUT2D eigenvalue weighted by atomic mass is 35.5. The third-order valence-corrected chi connectivity index (χ3v) is 5.90. The molecule has 0 spiro atoms. The van der Waals surface area contributed by atoms with Crippen molar-refractivity contribution in [2.45, 2.75) is 37.7 Å². The van der Waals surface area contributed by atoms with Crippen molar-refractivity contribution in [2.75, 3.05) is 32.6 Å². The van der Waals surface area contributed by atoms with Crippen LogP contribution in [-0.4, -0.2) is 61.4 Å². The van der Waals surface area contributed by atoms with Crippen molar-refractivity contribution in [1.82, 2.24) is 4.90 Å². The van der Waals surface area contributed by atoms with E-state index in [4.69, 9.17) is 32.5 Å². The largest absolute Gasteiger partial charge is 0.396 e. The Kier molecular flexibility index (Phi) is 8.75. The van der Waals surface area contributed by atoms with Crippen molar-refractivity contribution in [1.29, 1.82) is 0 Å². The number of amides is 1. The topological polar surface area (TPSA) is 104 Å². The molecule has 0 aromatic heterocycles. The standard InChI is InChI=1S/C18H23Cl2NO3.CH4O3S/c19-15-6-5-14(11-16(15)20)18(7-9-22)12-21(8-10-24-18)17(23)13-3-1-2-4-13;1-5(2,3)4/h5-6,11,13,22H,1-4,7-10,12H2;1H3,(H,2,3,4)/t18-;/m0./s1. The molecule has 1 aromatic carbocycles. The van der Waals surface area contributed by atoms with Crippen LogP contribution in [-0.2, 0) is 25.3 Å². The number of carbonyl (C=O) groups is 1. The zero-order valence-corrected chi connectivity index (χ0v) is 18.6. The van der Waals surface area contributed by atoms with E-state index < -0.39 is 15.7 Å². The zero-order chi connectivity index (χ0) is 21.7. The zero-order valence-electron chi connectivity index (χ0n) is 16.3. The van der Waals surface area contributed by atoms with Crippen LogP contribution in [0.15, 0.2) is 18.2 Å². The van der Waals surface area contributed by atoms with E-state index >= 15 is 0 Å². The number of hydrogen-bond donors (Lipinski definition) is 2. The van der Waals surface area contributed by atoms with Gasteiger partial charge in [0.1, 0.15) is 5.60 Å². The summed E-state index contributed by atoms with van der Waals surface area (Å²) in [4.78, 5) is 14.7. The minimum atomic E-state index is -3.67. The van der Waals surface area contributed by atoms with Gasteiger partial charge in [-0.15, -0.1) is 0 Å². The Labute approximate surface area is 181 Å². The fourth-order valence-corrected chi connectivity index (χ4v) is 4.13. The Hall–Kier alpha value is -0.900. The van der Waals surface area contributed by atoms with Gasteiger partial charge < -0.3 is 14.7 Å². The first-order chi connectivity index (χ1) is 13.6. The molecule has 2 aliphatic rings. The summed E-state index contributed by atoms with van der Waals surface area (Å²) in [5.41, 5.74) is 0.130. The number of carbonyl (C=O) groups excluding carboxylic acids is 1. The van der Waals surface area contributed by atoms with E-state index in [2.05, 4.69) is 0 Å². The van der Waals surface area contributed by atoms with E-state index in [0.717, 1.165) is 31.2 Å². The summed E-state index contributed by atoms with van der Waals surface area (Å²) in [6.07, 6.45) is 5.36. The molecular weight excluding hydrogens is 441 g/mol. The second-order valence-electron chi connectivity index (χ2n) is 7.42. The second kappa shape index (κ2) is 10.4. The highest BCUT2D eigenvalue weighted by Crippen LogP contribution is 2.37. The average Bonchev–Trinajstić information content (AvgIpc) is 3.17. The molecule has 1 heterocycles. The van der Waals surface area contributed by atoms with Gasteiger partial charge in [0, 0.05) is 25.5 Å². The number of hydrogen-bond acceptors (Lipinski definition) is 5. The molecule has 2 N–H and O–H groups in total. The summed E-state index contributed by atoms with van der Waals surface area (Å²) in [5, 5.41) is 10.5. The van der Waals surface area contributed by atoms with Crippen LogP contribution in [0.1, 0.15) is 37.7 Å². The Bertz CT molecular complexity index is 801. The Balaban J connectivity index is 0.000000537. The lowest BCUT2D eigenvalue weighted by Gasteiger charge is -2.43. The molecule has 1 aliphatic carbocycles. The van der Waals surface area contributed by atoms with E-state index in [1.54, 1.807) is 12.1 Å². The van der Waals surface area contributed by atoms with Gasteiger partial charge in [-0.3, -0.25) is 9.35 Å². The average molecular weight is 468 g/mol. The number of aliphatic hydroxyl groups excluding tert-OH is 1. The third-order valence-electron chi connectivity index (χ3n) is 5.16. The number of ether oxygens (including phenoxy) is 1. The van der Waals surface area contributed by atoms with Crippen LogP contribution >= 0.6 is 23.2 Å². The molecular formula is C19H27Cl2NO6S. The van der Waals surface area contributed by atoms with E-state index in [9.17, 15) is 18.3 Å². The molecule has 7 nitrogen and oxygen atoms in total. The molecule has 0 unspecified atom stereocenters. The molecule has 3 rings (SSSR count). The van der Waals surface area contributed by atoms with Gasteiger partial charge >= 0.3 is 0 Å². The molecule has 0 bridgehead atoms. The molecule has 10 heteroatoms. The minimum absolute atomic E-state index is 0.0221. The highest BCUT2D eigenvalue weighted by Gasteiger charge is 2.41. The summed E-state index contributed by atoms with van der Waals surface area (Å²) >= 11 is 12.2.